The Balaban J connectivity index is 1.78. The Bertz CT molecular complexity index is 639. The molecule has 0 aromatic carbocycles. The summed E-state index contributed by atoms with van der Waals surface area (Å²) in [6.45, 7) is 0.980. The van der Waals surface area contributed by atoms with Gasteiger partial charge in [-0.25, -0.2) is 0 Å². The van der Waals surface area contributed by atoms with Gasteiger partial charge in [0.1, 0.15) is 11.7 Å². The van der Waals surface area contributed by atoms with E-state index in [1.807, 2.05) is 7.05 Å². The van der Waals surface area contributed by atoms with Crippen LogP contribution in [0.2, 0.25) is 5.02 Å². The molecule has 2 fully saturated rings. The number of hydrogen-bond acceptors (Lipinski definition) is 3. The molecule has 1 aliphatic carbocycles. The first-order valence-electron chi connectivity index (χ1n) is 9.80. The highest BCUT2D eigenvalue weighted by Crippen LogP contribution is 2.28. The van der Waals surface area contributed by atoms with E-state index in [-0.39, 0.29) is 11.8 Å². The number of carbonyl (C=O) groups is 2. The molecule has 6 nitrogen and oxygen atoms in total. The molecule has 1 aliphatic heterocycles. The maximum Gasteiger partial charge on any atom is 0.242 e. The summed E-state index contributed by atoms with van der Waals surface area (Å²) in [5.74, 6) is 0.444. The monoisotopic (exact) mass is 380 g/mol. The summed E-state index contributed by atoms with van der Waals surface area (Å²) in [6.07, 6.45) is 10.7. The lowest BCUT2D eigenvalue weighted by molar-refractivity contribution is -0.142. The van der Waals surface area contributed by atoms with Crippen molar-refractivity contribution in [1.29, 1.82) is 0 Å². The molecule has 1 N–H and O–H groups in total. The van der Waals surface area contributed by atoms with Gasteiger partial charge in [0.2, 0.25) is 11.8 Å². The van der Waals surface area contributed by atoms with Crippen molar-refractivity contribution in [3.63, 3.8) is 0 Å². The van der Waals surface area contributed by atoms with Crippen molar-refractivity contribution < 1.29 is 9.59 Å². The lowest BCUT2D eigenvalue weighted by Crippen LogP contribution is -2.48. The zero-order chi connectivity index (χ0) is 18.5. The van der Waals surface area contributed by atoms with E-state index in [0.29, 0.717) is 42.6 Å². The Labute approximate surface area is 160 Å². The van der Waals surface area contributed by atoms with E-state index < -0.39 is 6.04 Å². The summed E-state index contributed by atoms with van der Waals surface area (Å²) < 4.78 is 1.65. The zero-order valence-electron chi connectivity index (χ0n) is 15.5. The van der Waals surface area contributed by atoms with Crippen LogP contribution in [0.5, 0.6) is 0 Å². The number of carbonyl (C=O) groups excluding carboxylic acids is 2. The number of nitrogens with zero attached hydrogens (tertiary/aromatic N) is 3. The van der Waals surface area contributed by atoms with E-state index in [2.05, 4.69) is 10.4 Å². The molecule has 1 saturated heterocycles. The minimum atomic E-state index is -0.424. The second kappa shape index (κ2) is 8.89. The third-order valence-electron chi connectivity index (χ3n) is 5.57. The molecule has 2 amide bonds. The van der Waals surface area contributed by atoms with Crippen molar-refractivity contribution in [2.75, 3.05) is 6.54 Å². The predicted molar refractivity (Wildman–Crippen MR) is 101 cm³/mol. The Morgan fingerprint density at radius 3 is 2.69 bits per heavy atom. The zero-order valence-corrected chi connectivity index (χ0v) is 16.3. The minimum Gasteiger partial charge on any atom is -0.354 e. The van der Waals surface area contributed by atoms with E-state index in [0.717, 1.165) is 25.7 Å². The Hall–Kier alpha value is -1.56. The molecule has 0 bridgehead atoms. The number of aromatic nitrogens is 2. The van der Waals surface area contributed by atoms with Crippen molar-refractivity contribution >= 4 is 23.4 Å². The first-order valence-corrected chi connectivity index (χ1v) is 10.2. The van der Waals surface area contributed by atoms with Crippen molar-refractivity contribution in [2.45, 2.75) is 70.4 Å². The molecule has 1 atom stereocenters. The summed E-state index contributed by atoms with van der Waals surface area (Å²) >= 11 is 6.27. The summed E-state index contributed by atoms with van der Waals surface area (Å²) in [4.78, 5) is 27.5. The van der Waals surface area contributed by atoms with Crippen molar-refractivity contribution in [3.05, 3.63) is 16.9 Å². The van der Waals surface area contributed by atoms with E-state index in [1.165, 1.54) is 19.3 Å². The van der Waals surface area contributed by atoms with Crippen LogP contribution < -0.4 is 5.32 Å². The van der Waals surface area contributed by atoms with E-state index in [9.17, 15) is 9.59 Å². The normalized spacial score (nSPS) is 21.9. The van der Waals surface area contributed by atoms with Crippen LogP contribution in [0, 0.1) is 5.92 Å². The summed E-state index contributed by atoms with van der Waals surface area (Å²) in [6, 6.07) is -0.424. The Morgan fingerprint density at radius 2 is 2.00 bits per heavy atom. The second-order valence-electron chi connectivity index (χ2n) is 7.63. The van der Waals surface area contributed by atoms with Gasteiger partial charge in [0.05, 0.1) is 11.6 Å². The smallest absolute Gasteiger partial charge is 0.242 e. The van der Waals surface area contributed by atoms with Gasteiger partial charge in [-0.2, -0.15) is 5.10 Å². The van der Waals surface area contributed by atoms with Crippen molar-refractivity contribution in [3.8, 4) is 0 Å². The van der Waals surface area contributed by atoms with Crippen molar-refractivity contribution in [1.82, 2.24) is 20.0 Å². The summed E-state index contributed by atoms with van der Waals surface area (Å²) in [7, 11) is 1.81. The lowest BCUT2D eigenvalue weighted by Gasteiger charge is -2.31. The topological polar surface area (TPSA) is 67.2 Å². The number of hydrogen-bond donors (Lipinski definition) is 1. The standard InChI is InChI=1S/C19H29ClN4O2/c1-23-12-15(20)16(22-23)13-24(17-9-5-6-10-21-19(17)26)18(25)11-14-7-3-2-4-8-14/h12,14,17H,2-11,13H2,1H3,(H,21,26)/t17-/m0/s1. The molecular formula is C19H29ClN4O2. The molecule has 3 rings (SSSR count). The minimum absolute atomic E-state index is 0.0495. The molecular weight excluding hydrogens is 352 g/mol. The van der Waals surface area contributed by atoms with Crippen LogP contribution in [0.15, 0.2) is 6.20 Å². The van der Waals surface area contributed by atoms with E-state index in [4.69, 9.17) is 11.6 Å². The van der Waals surface area contributed by atoms with Crippen LogP contribution in [0.1, 0.15) is 63.5 Å². The molecule has 2 heterocycles. The van der Waals surface area contributed by atoms with Crippen LogP contribution >= 0.6 is 11.6 Å². The van der Waals surface area contributed by atoms with Gasteiger partial charge < -0.3 is 10.2 Å². The van der Waals surface area contributed by atoms with Gasteiger partial charge in [-0.1, -0.05) is 30.9 Å². The molecule has 144 valence electrons. The molecule has 1 saturated carbocycles. The van der Waals surface area contributed by atoms with Crippen LogP contribution in [0.25, 0.3) is 0 Å². The number of halogens is 1. The van der Waals surface area contributed by atoms with Gasteiger partial charge in [-0.05, 0) is 38.0 Å². The molecule has 0 radical (unpaired) electrons. The fourth-order valence-corrected chi connectivity index (χ4v) is 4.36. The van der Waals surface area contributed by atoms with Crippen LogP contribution in [0.3, 0.4) is 0 Å². The Kier molecular flexibility index (Phi) is 6.57. The lowest BCUT2D eigenvalue weighted by atomic mass is 9.86. The maximum absolute atomic E-state index is 13.2. The van der Waals surface area contributed by atoms with Crippen LogP contribution in [0.4, 0.5) is 0 Å². The van der Waals surface area contributed by atoms with Gasteiger partial charge in [-0.3, -0.25) is 14.3 Å². The molecule has 0 unspecified atom stereocenters. The number of aryl methyl sites for hydroxylation is 1. The van der Waals surface area contributed by atoms with E-state index in [1.54, 1.807) is 15.8 Å². The third-order valence-corrected chi connectivity index (χ3v) is 5.88. The SMILES string of the molecule is Cn1cc(Cl)c(CN(C(=O)CC2CCCCC2)[C@H]2CCCCNC2=O)n1. The maximum atomic E-state index is 13.2. The third kappa shape index (κ3) is 4.78. The number of amides is 2. The average Bonchev–Trinajstić information content (AvgIpc) is 2.79. The first-order chi connectivity index (χ1) is 12.5. The molecule has 1 aromatic heterocycles. The van der Waals surface area contributed by atoms with Gasteiger partial charge >= 0.3 is 0 Å². The highest BCUT2D eigenvalue weighted by atomic mass is 35.5. The first kappa shape index (κ1) is 19.2. The number of rotatable bonds is 5. The second-order valence-corrected chi connectivity index (χ2v) is 8.04. The molecule has 2 aliphatic rings. The summed E-state index contributed by atoms with van der Waals surface area (Å²) in [5, 5.41) is 7.87. The average molecular weight is 381 g/mol. The van der Waals surface area contributed by atoms with Gasteiger partial charge in [0, 0.05) is 26.2 Å². The Morgan fingerprint density at radius 1 is 1.27 bits per heavy atom. The van der Waals surface area contributed by atoms with Crippen LogP contribution in [-0.4, -0.2) is 39.1 Å². The van der Waals surface area contributed by atoms with E-state index >= 15 is 0 Å². The number of nitrogens with one attached hydrogen (secondary N) is 1. The molecule has 26 heavy (non-hydrogen) atoms. The van der Waals surface area contributed by atoms with Crippen LogP contribution in [-0.2, 0) is 23.2 Å². The molecule has 1 aromatic rings. The van der Waals surface area contributed by atoms with Gasteiger partial charge in [-0.15, -0.1) is 0 Å². The summed E-state index contributed by atoms with van der Waals surface area (Å²) in [5.41, 5.74) is 0.656. The highest BCUT2D eigenvalue weighted by Gasteiger charge is 2.33. The highest BCUT2D eigenvalue weighted by molar-refractivity contribution is 6.31. The molecule has 7 heteroatoms. The molecule has 0 spiro atoms. The largest absolute Gasteiger partial charge is 0.354 e. The predicted octanol–water partition coefficient (Wildman–Crippen LogP) is 3.04. The van der Waals surface area contributed by atoms with Gasteiger partial charge in [0.25, 0.3) is 0 Å². The fourth-order valence-electron chi connectivity index (χ4n) is 4.12. The van der Waals surface area contributed by atoms with Gasteiger partial charge in [0.15, 0.2) is 0 Å². The van der Waals surface area contributed by atoms with Crippen molar-refractivity contribution in [2.24, 2.45) is 13.0 Å². The quantitative estimate of drug-likeness (QED) is 0.853. The fraction of sp³-hybridized carbons (Fsp3) is 0.737.